The highest BCUT2D eigenvalue weighted by Crippen LogP contribution is 2.34. The van der Waals surface area contributed by atoms with Crippen LogP contribution in [0.2, 0.25) is 0 Å². The van der Waals surface area contributed by atoms with Crippen LogP contribution in [0.5, 0.6) is 0 Å². The van der Waals surface area contributed by atoms with Gasteiger partial charge in [0.1, 0.15) is 0 Å². The number of pyridine rings is 1. The average molecular weight is 385 g/mol. The van der Waals surface area contributed by atoms with Crippen molar-refractivity contribution in [3.8, 4) is 0 Å². The predicted molar refractivity (Wildman–Crippen MR) is 108 cm³/mol. The second-order valence-electron chi connectivity index (χ2n) is 6.17. The molecule has 0 N–H and O–H groups in total. The summed E-state index contributed by atoms with van der Waals surface area (Å²) >= 11 is 3.47. The molecule has 2 aromatic heterocycles. The van der Waals surface area contributed by atoms with Crippen LogP contribution < -0.4 is 4.90 Å². The molecule has 0 saturated carbocycles. The zero-order valence-corrected chi connectivity index (χ0v) is 16.2. The van der Waals surface area contributed by atoms with Crippen molar-refractivity contribution in [2.75, 3.05) is 37.3 Å². The molecule has 0 aliphatic carbocycles. The third-order valence-corrected chi connectivity index (χ3v) is 6.42. The van der Waals surface area contributed by atoms with Crippen molar-refractivity contribution < 1.29 is 4.79 Å². The van der Waals surface area contributed by atoms with Gasteiger partial charge in [0.05, 0.1) is 10.2 Å². The van der Waals surface area contributed by atoms with Crippen LogP contribution in [0.15, 0.2) is 47.6 Å². The molecule has 0 spiro atoms. The molecule has 26 heavy (non-hydrogen) atoms. The van der Waals surface area contributed by atoms with Gasteiger partial charge in [0.15, 0.2) is 5.13 Å². The number of thiazole rings is 1. The molecule has 1 fully saturated rings. The summed E-state index contributed by atoms with van der Waals surface area (Å²) in [4.78, 5) is 27.0. The lowest BCUT2D eigenvalue weighted by atomic mass is 10.2. The summed E-state index contributed by atoms with van der Waals surface area (Å²) < 4.78 is 1.22. The Labute approximate surface area is 161 Å². The number of carbonyl (C=O) groups is 1. The van der Waals surface area contributed by atoms with Gasteiger partial charge in [-0.15, -0.1) is 11.8 Å². The highest BCUT2D eigenvalue weighted by atomic mass is 32.2. The van der Waals surface area contributed by atoms with Crippen LogP contribution in [-0.2, 0) is 0 Å². The lowest BCUT2D eigenvalue weighted by Crippen LogP contribution is -2.35. The van der Waals surface area contributed by atoms with Crippen LogP contribution in [0, 0.1) is 0 Å². The Hall–Kier alpha value is -2.12. The first kappa shape index (κ1) is 17.3. The van der Waals surface area contributed by atoms with Gasteiger partial charge in [-0.2, -0.15) is 0 Å². The van der Waals surface area contributed by atoms with E-state index in [2.05, 4.69) is 34.3 Å². The summed E-state index contributed by atoms with van der Waals surface area (Å²) in [6, 6.07) is 9.90. The van der Waals surface area contributed by atoms with E-state index in [9.17, 15) is 4.79 Å². The van der Waals surface area contributed by atoms with Crippen molar-refractivity contribution in [1.82, 2.24) is 14.9 Å². The topological polar surface area (TPSA) is 49.3 Å². The van der Waals surface area contributed by atoms with Gasteiger partial charge in [-0.3, -0.25) is 9.78 Å². The quantitative estimate of drug-likeness (QED) is 0.644. The molecular formula is C19H20N4OS2. The third-order valence-electron chi connectivity index (χ3n) is 4.57. The number of para-hydroxylation sites is 1. The standard InChI is InChI=1S/C19H20N4OS2/c1-25-15-4-2-5-16-17(15)21-19(26-16)23-11-3-10-22(12-13-23)18(24)14-6-8-20-9-7-14/h2,4-9H,3,10-13H2,1H3. The number of nitrogens with zero attached hydrogens (tertiary/aromatic N) is 4. The minimum atomic E-state index is 0.0863. The Morgan fingerprint density at radius 2 is 1.96 bits per heavy atom. The van der Waals surface area contributed by atoms with E-state index < -0.39 is 0 Å². The molecule has 7 heteroatoms. The van der Waals surface area contributed by atoms with Crippen LogP contribution in [0.1, 0.15) is 16.8 Å². The number of hydrogen-bond acceptors (Lipinski definition) is 6. The number of carbonyl (C=O) groups excluding carboxylic acids is 1. The summed E-state index contributed by atoms with van der Waals surface area (Å²) in [6.07, 6.45) is 6.37. The van der Waals surface area contributed by atoms with Gasteiger partial charge < -0.3 is 9.80 Å². The largest absolute Gasteiger partial charge is 0.346 e. The molecule has 0 atom stereocenters. The smallest absolute Gasteiger partial charge is 0.254 e. The molecule has 5 nitrogen and oxygen atoms in total. The molecular weight excluding hydrogens is 364 g/mol. The molecule has 0 bridgehead atoms. The van der Waals surface area contributed by atoms with Crippen LogP contribution >= 0.6 is 23.1 Å². The summed E-state index contributed by atoms with van der Waals surface area (Å²) in [5.41, 5.74) is 1.80. The van der Waals surface area contributed by atoms with Gasteiger partial charge in [0, 0.05) is 49.0 Å². The highest BCUT2D eigenvalue weighted by Gasteiger charge is 2.22. The molecule has 3 heterocycles. The van der Waals surface area contributed by atoms with Crippen molar-refractivity contribution >= 4 is 44.4 Å². The number of rotatable bonds is 3. The lowest BCUT2D eigenvalue weighted by Gasteiger charge is -2.21. The first-order chi connectivity index (χ1) is 12.8. The number of fused-ring (bicyclic) bond motifs is 1. The molecule has 0 radical (unpaired) electrons. The van der Waals surface area contributed by atoms with E-state index in [1.807, 2.05) is 4.90 Å². The highest BCUT2D eigenvalue weighted by molar-refractivity contribution is 7.98. The maximum absolute atomic E-state index is 12.7. The number of hydrogen-bond donors (Lipinski definition) is 0. The molecule has 1 amide bonds. The minimum Gasteiger partial charge on any atom is -0.346 e. The third kappa shape index (κ3) is 3.41. The van der Waals surface area contributed by atoms with Crippen LogP contribution in [-0.4, -0.2) is 53.2 Å². The van der Waals surface area contributed by atoms with Crippen LogP contribution in [0.3, 0.4) is 0 Å². The first-order valence-corrected chi connectivity index (χ1v) is 10.7. The summed E-state index contributed by atoms with van der Waals surface area (Å²) in [6.45, 7) is 3.23. The van der Waals surface area contributed by atoms with Crippen molar-refractivity contribution in [1.29, 1.82) is 0 Å². The Bertz CT molecular complexity index is 912. The van der Waals surface area contributed by atoms with Gasteiger partial charge in [-0.25, -0.2) is 4.98 Å². The Kier molecular flexibility index (Phi) is 5.08. The summed E-state index contributed by atoms with van der Waals surface area (Å²) in [7, 11) is 0. The number of anilines is 1. The zero-order valence-electron chi connectivity index (χ0n) is 14.6. The Morgan fingerprint density at radius 1 is 1.12 bits per heavy atom. The van der Waals surface area contributed by atoms with Crippen molar-refractivity contribution in [3.63, 3.8) is 0 Å². The van der Waals surface area contributed by atoms with Crippen LogP contribution in [0.25, 0.3) is 10.2 Å². The van der Waals surface area contributed by atoms with Crippen molar-refractivity contribution in [2.45, 2.75) is 11.3 Å². The second kappa shape index (κ2) is 7.63. The fourth-order valence-corrected chi connectivity index (χ4v) is 4.87. The van der Waals surface area contributed by atoms with Gasteiger partial charge in [0.2, 0.25) is 0 Å². The molecule has 134 valence electrons. The molecule has 1 aliphatic heterocycles. The Balaban J connectivity index is 1.51. The van der Waals surface area contributed by atoms with E-state index in [0.29, 0.717) is 12.1 Å². The predicted octanol–water partition coefficient (Wildman–Crippen LogP) is 3.77. The summed E-state index contributed by atoms with van der Waals surface area (Å²) in [5, 5.41) is 1.06. The molecule has 1 saturated heterocycles. The van der Waals surface area contributed by atoms with Gasteiger partial charge in [-0.05, 0) is 36.9 Å². The lowest BCUT2D eigenvalue weighted by molar-refractivity contribution is 0.0767. The fourth-order valence-electron chi connectivity index (χ4n) is 3.20. The van der Waals surface area contributed by atoms with Crippen LogP contribution in [0.4, 0.5) is 5.13 Å². The summed E-state index contributed by atoms with van der Waals surface area (Å²) in [5.74, 6) is 0.0863. The molecule has 4 rings (SSSR count). The van der Waals surface area contributed by atoms with E-state index in [0.717, 1.165) is 36.7 Å². The van der Waals surface area contributed by atoms with Crippen molar-refractivity contribution in [3.05, 3.63) is 48.3 Å². The van der Waals surface area contributed by atoms with Gasteiger partial charge >= 0.3 is 0 Å². The van der Waals surface area contributed by atoms with E-state index in [-0.39, 0.29) is 5.91 Å². The number of benzene rings is 1. The van der Waals surface area contributed by atoms with Crippen molar-refractivity contribution in [2.24, 2.45) is 0 Å². The zero-order chi connectivity index (χ0) is 17.9. The fraction of sp³-hybridized carbons (Fsp3) is 0.316. The van der Waals surface area contributed by atoms with Gasteiger partial charge in [0.25, 0.3) is 5.91 Å². The minimum absolute atomic E-state index is 0.0863. The molecule has 3 aromatic rings. The maximum atomic E-state index is 12.7. The maximum Gasteiger partial charge on any atom is 0.254 e. The van der Waals surface area contributed by atoms with Gasteiger partial charge in [-0.1, -0.05) is 17.4 Å². The van der Waals surface area contributed by atoms with E-state index in [1.165, 1.54) is 9.60 Å². The van der Waals surface area contributed by atoms with E-state index >= 15 is 0 Å². The number of amides is 1. The normalized spacial score (nSPS) is 15.3. The molecule has 1 aliphatic rings. The Morgan fingerprint density at radius 3 is 2.77 bits per heavy atom. The molecule has 1 aromatic carbocycles. The average Bonchev–Trinajstić information content (AvgIpc) is 2.98. The number of aromatic nitrogens is 2. The SMILES string of the molecule is CSc1cccc2sc(N3CCCN(C(=O)c4ccncc4)CC3)nc12. The monoisotopic (exact) mass is 384 g/mol. The molecule has 0 unspecified atom stereocenters. The first-order valence-electron chi connectivity index (χ1n) is 8.64. The van der Waals surface area contributed by atoms with E-state index in [1.54, 1.807) is 47.6 Å². The van der Waals surface area contributed by atoms with E-state index in [4.69, 9.17) is 4.98 Å². The second-order valence-corrected chi connectivity index (χ2v) is 8.03. The number of thioether (sulfide) groups is 1.